The van der Waals surface area contributed by atoms with E-state index < -0.39 is 0 Å². The Bertz CT molecular complexity index is 1070. The van der Waals surface area contributed by atoms with Crippen LogP contribution in [0.5, 0.6) is 0 Å². The van der Waals surface area contributed by atoms with Gasteiger partial charge in [0, 0.05) is 62.7 Å². The second kappa shape index (κ2) is 7.95. The molecule has 1 fully saturated rings. The van der Waals surface area contributed by atoms with Crippen LogP contribution in [0, 0.1) is 0 Å². The first kappa shape index (κ1) is 19.0. The highest BCUT2D eigenvalue weighted by atomic mass is 16.1. The summed E-state index contributed by atoms with van der Waals surface area (Å²) in [5.41, 5.74) is 3.95. The minimum absolute atomic E-state index is 0.0248. The molecule has 1 aliphatic rings. The number of carbonyl (C=O) groups excluding carboxylic acids is 1. The molecule has 3 aromatic rings. The molecular weight excluding hydrogens is 366 g/mol. The van der Waals surface area contributed by atoms with Crippen LogP contribution >= 0.6 is 0 Å². The highest BCUT2D eigenvalue weighted by Gasteiger charge is 2.26. The van der Waals surface area contributed by atoms with E-state index in [1.807, 2.05) is 41.5 Å². The number of nitrogens with one attached hydrogen (secondary N) is 1. The molecular formula is C22H25N5O2. The van der Waals surface area contributed by atoms with Crippen LogP contribution in [0.1, 0.15) is 18.9 Å². The quantitative estimate of drug-likeness (QED) is 0.722. The SMILES string of the molecule is CC(=O)N[C@H]1CCN(c2cc(=O)n(C)cc2-c2cnn(Cc3ccccc3)c2)C1. The van der Waals surface area contributed by atoms with Gasteiger partial charge in [-0.1, -0.05) is 30.3 Å². The Hall–Kier alpha value is -3.35. The molecule has 0 aliphatic carbocycles. The number of amides is 1. The molecule has 150 valence electrons. The van der Waals surface area contributed by atoms with Gasteiger partial charge in [-0.25, -0.2) is 0 Å². The van der Waals surface area contributed by atoms with E-state index >= 15 is 0 Å². The molecule has 0 unspecified atom stereocenters. The van der Waals surface area contributed by atoms with Crippen LogP contribution in [-0.2, 0) is 18.4 Å². The van der Waals surface area contributed by atoms with Crippen molar-refractivity contribution >= 4 is 11.6 Å². The lowest BCUT2D eigenvalue weighted by molar-refractivity contribution is -0.119. The molecule has 3 heterocycles. The summed E-state index contributed by atoms with van der Waals surface area (Å²) in [5.74, 6) is -0.0248. The number of aromatic nitrogens is 3. The largest absolute Gasteiger partial charge is 0.369 e. The maximum atomic E-state index is 12.3. The average Bonchev–Trinajstić information content (AvgIpc) is 3.34. The fourth-order valence-electron chi connectivity index (χ4n) is 3.85. The fourth-order valence-corrected chi connectivity index (χ4v) is 3.85. The Kier molecular flexibility index (Phi) is 5.20. The number of benzene rings is 1. The standard InChI is InChI=1S/C22H25N5O2/c1-16(28)24-19-8-9-26(14-19)21-10-22(29)25(2)15-20(21)18-11-23-27(13-18)12-17-6-4-3-5-7-17/h3-7,10-11,13,15,19H,8-9,12,14H2,1-2H3,(H,24,28)/t19-/m0/s1. The lowest BCUT2D eigenvalue weighted by atomic mass is 10.1. The molecule has 1 aromatic carbocycles. The lowest BCUT2D eigenvalue weighted by Crippen LogP contribution is -2.36. The lowest BCUT2D eigenvalue weighted by Gasteiger charge is -2.22. The first-order chi connectivity index (χ1) is 14.0. The Morgan fingerprint density at radius 2 is 2.03 bits per heavy atom. The van der Waals surface area contributed by atoms with Crippen molar-refractivity contribution in [1.82, 2.24) is 19.7 Å². The summed E-state index contributed by atoms with van der Waals surface area (Å²) in [4.78, 5) is 25.9. The zero-order valence-corrected chi connectivity index (χ0v) is 16.7. The third kappa shape index (κ3) is 4.23. The highest BCUT2D eigenvalue weighted by molar-refractivity contribution is 5.78. The Morgan fingerprint density at radius 1 is 1.24 bits per heavy atom. The van der Waals surface area contributed by atoms with Crippen LogP contribution in [0.3, 0.4) is 0 Å². The number of anilines is 1. The Balaban J connectivity index is 1.63. The van der Waals surface area contributed by atoms with Crippen molar-refractivity contribution in [2.75, 3.05) is 18.0 Å². The molecule has 0 saturated carbocycles. The zero-order valence-electron chi connectivity index (χ0n) is 16.7. The minimum Gasteiger partial charge on any atom is -0.369 e. The first-order valence-electron chi connectivity index (χ1n) is 9.79. The van der Waals surface area contributed by atoms with Gasteiger partial charge >= 0.3 is 0 Å². The highest BCUT2D eigenvalue weighted by Crippen LogP contribution is 2.31. The van der Waals surface area contributed by atoms with Crippen LogP contribution in [0.15, 0.2) is 59.8 Å². The van der Waals surface area contributed by atoms with Crippen LogP contribution in [0.4, 0.5) is 5.69 Å². The second-order valence-electron chi connectivity index (χ2n) is 7.57. The molecule has 29 heavy (non-hydrogen) atoms. The predicted molar refractivity (Wildman–Crippen MR) is 113 cm³/mol. The smallest absolute Gasteiger partial charge is 0.252 e. The van der Waals surface area contributed by atoms with E-state index in [0.717, 1.165) is 29.8 Å². The van der Waals surface area contributed by atoms with E-state index in [1.165, 1.54) is 12.5 Å². The van der Waals surface area contributed by atoms with E-state index in [2.05, 4.69) is 27.4 Å². The molecule has 4 rings (SSSR count). The van der Waals surface area contributed by atoms with Crippen molar-refractivity contribution in [3.63, 3.8) is 0 Å². The molecule has 1 atom stereocenters. The molecule has 7 heteroatoms. The monoisotopic (exact) mass is 391 g/mol. The summed E-state index contributed by atoms with van der Waals surface area (Å²) in [6.07, 6.45) is 6.58. The van der Waals surface area contributed by atoms with Gasteiger partial charge in [-0.3, -0.25) is 14.3 Å². The second-order valence-corrected chi connectivity index (χ2v) is 7.57. The van der Waals surface area contributed by atoms with Crippen LogP contribution in [0.2, 0.25) is 0 Å². The van der Waals surface area contributed by atoms with Gasteiger partial charge in [0.15, 0.2) is 0 Å². The van der Waals surface area contributed by atoms with Gasteiger partial charge in [-0.15, -0.1) is 0 Å². The van der Waals surface area contributed by atoms with E-state index in [-0.39, 0.29) is 17.5 Å². The molecule has 2 aromatic heterocycles. The van der Waals surface area contributed by atoms with Crippen molar-refractivity contribution in [2.45, 2.75) is 25.9 Å². The number of rotatable bonds is 5. The Labute approximate surface area is 169 Å². The van der Waals surface area contributed by atoms with E-state index in [0.29, 0.717) is 13.1 Å². The number of nitrogens with zero attached hydrogens (tertiary/aromatic N) is 4. The number of carbonyl (C=O) groups is 1. The number of hydrogen-bond acceptors (Lipinski definition) is 4. The van der Waals surface area contributed by atoms with Gasteiger partial charge in [0.1, 0.15) is 0 Å². The van der Waals surface area contributed by atoms with E-state index in [1.54, 1.807) is 17.7 Å². The van der Waals surface area contributed by atoms with Crippen molar-refractivity contribution in [3.8, 4) is 11.1 Å². The summed E-state index contributed by atoms with van der Waals surface area (Å²) in [6, 6.07) is 12.0. The predicted octanol–water partition coefficient (Wildman–Crippen LogP) is 2.01. The fraction of sp³-hybridized carbons (Fsp3) is 0.318. The van der Waals surface area contributed by atoms with Gasteiger partial charge in [0.05, 0.1) is 18.4 Å². The molecule has 0 bridgehead atoms. The van der Waals surface area contributed by atoms with Crippen molar-refractivity contribution in [3.05, 3.63) is 70.9 Å². The van der Waals surface area contributed by atoms with Crippen molar-refractivity contribution < 1.29 is 4.79 Å². The third-order valence-corrected chi connectivity index (χ3v) is 5.27. The molecule has 1 amide bonds. The van der Waals surface area contributed by atoms with Gasteiger partial charge in [-0.05, 0) is 12.0 Å². The third-order valence-electron chi connectivity index (χ3n) is 5.27. The molecule has 0 radical (unpaired) electrons. The topological polar surface area (TPSA) is 72.2 Å². The number of aryl methyl sites for hydroxylation is 1. The van der Waals surface area contributed by atoms with Gasteiger partial charge in [0.25, 0.3) is 5.56 Å². The minimum atomic E-state index is -0.0524. The number of hydrogen-bond donors (Lipinski definition) is 1. The maximum Gasteiger partial charge on any atom is 0.252 e. The van der Waals surface area contributed by atoms with Crippen LogP contribution in [0.25, 0.3) is 11.1 Å². The summed E-state index contributed by atoms with van der Waals surface area (Å²) in [5, 5.41) is 7.49. The number of pyridine rings is 1. The van der Waals surface area contributed by atoms with Gasteiger partial charge in [0.2, 0.25) is 5.91 Å². The van der Waals surface area contributed by atoms with E-state index in [4.69, 9.17) is 0 Å². The van der Waals surface area contributed by atoms with Gasteiger partial charge in [-0.2, -0.15) is 5.10 Å². The van der Waals surface area contributed by atoms with Gasteiger partial charge < -0.3 is 14.8 Å². The molecule has 7 nitrogen and oxygen atoms in total. The van der Waals surface area contributed by atoms with E-state index in [9.17, 15) is 9.59 Å². The Morgan fingerprint density at radius 3 is 2.79 bits per heavy atom. The maximum absolute atomic E-state index is 12.3. The first-order valence-corrected chi connectivity index (χ1v) is 9.79. The molecule has 1 saturated heterocycles. The zero-order chi connectivity index (χ0) is 20.4. The van der Waals surface area contributed by atoms with Crippen molar-refractivity contribution in [2.24, 2.45) is 7.05 Å². The summed E-state index contributed by atoms with van der Waals surface area (Å²) >= 11 is 0. The van der Waals surface area contributed by atoms with Crippen LogP contribution in [-0.4, -0.2) is 39.4 Å². The molecule has 0 spiro atoms. The normalized spacial score (nSPS) is 16.2. The molecule has 1 aliphatic heterocycles. The molecule has 1 N–H and O–H groups in total. The average molecular weight is 391 g/mol. The summed E-state index contributed by atoms with van der Waals surface area (Å²) in [6.45, 7) is 3.71. The summed E-state index contributed by atoms with van der Waals surface area (Å²) < 4.78 is 3.50. The summed E-state index contributed by atoms with van der Waals surface area (Å²) in [7, 11) is 1.76. The van der Waals surface area contributed by atoms with Crippen LogP contribution < -0.4 is 15.8 Å². The van der Waals surface area contributed by atoms with Crippen molar-refractivity contribution in [1.29, 1.82) is 0 Å².